The second-order valence-corrected chi connectivity index (χ2v) is 9.74. The Morgan fingerprint density at radius 1 is 1.19 bits per heavy atom. The minimum Gasteiger partial charge on any atom is -0.406 e. The molecule has 2 aromatic rings. The van der Waals surface area contributed by atoms with Crippen LogP contribution >= 0.6 is 0 Å². The first kappa shape index (κ1) is 24.1. The van der Waals surface area contributed by atoms with E-state index < -0.39 is 28.0 Å². The molecule has 3 rings (SSSR count). The van der Waals surface area contributed by atoms with Gasteiger partial charge in [-0.3, -0.25) is 9.48 Å². The van der Waals surface area contributed by atoms with Crippen LogP contribution < -0.4 is 10.1 Å². The Morgan fingerprint density at radius 2 is 1.78 bits per heavy atom. The van der Waals surface area contributed by atoms with Crippen LogP contribution in [0.2, 0.25) is 0 Å². The predicted octanol–water partition coefficient (Wildman–Crippen LogP) is 3.46. The highest BCUT2D eigenvalue weighted by molar-refractivity contribution is 7.89. The van der Waals surface area contributed by atoms with Crippen molar-refractivity contribution in [2.75, 3.05) is 18.4 Å². The number of anilines is 1. The minimum absolute atomic E-state index is 0.105. The molecule has 12 heteroatoms. The van der Waals surface area contributed by atoms with E-state index >= 15 is 0 Å². The van der Waals surface area contributed by atoms with Crippen LogP contribution in [0.25, 0.3) is 0 Å². The fourth-order valence-electron chi connectivity index (χ4n) is 3.64. The van der Waals surface area contributed by atoms with E-state index in [9.17, 15) is 26.4 Å². The summed E-state index contributed by atoms with van der Waals surface area (Å²) in [5, 5.41) is 6.77. The highest BCUT2D eigenvalue weighted by atomic mass is 32.2. The van der Waals surface area contributed by atoms with Gasteiger partial charge in [0, 0.05) is 18.8 Å². The third-order valence-electron chi connectivity index (χ3n) is 5.32. The van der Waals surface area contributed by atoms with Gasteiger partial charge in [-0.2, -0.15) is 9.40 Å². The van der Waals surface area contributed by atoms with E-state index in [1.807, 2.05) is 0 Å². The van der Waals surface area contributed by atoms with Gasteiger partial charge in [-0.05, 0) is 56.9 Å². The number of nitrogens with one attached hydrogen (secondary N) is 1. The number of hydrogen-bond acceptors (Lipinski definition) is 5. The highest BCUT2D eigenvalue weighted by Crippen LogP contribution is 2.28. The van der Waals surface area contributed by atoms with Crippen LogP contribution in [-0.4, -0.2) is 47.9 Å². The molecule has 1 aromatic heterocycles. The molecular weight excluding hydrogens is 449 g/mol. The summed E-state index contributed by atoms with van der Waals surface area (Å²) in [6, 6.07) is 4.70. The number of aryl methyl sites for hydroxylation is 1. The SMILES string of the molecule is Cc1nn(CC(=O)Nc2ccc(OC(F)(F)F)cc2)c(C)c1S(=O)(=O)N1CCC(C)CC1. The normalized spacial score (nSPS) is 16.2. The van der Waals surface area contributed by atoms with E-state index in [0.717, 1.165) is 25.0 Å². The smallest absolute Gasteiger partial charge is 0.406 e. The zero-order valence-electron chi connectivity index (χ0n) is 17.9. The molecule has 0 bridgehead atoms. The standard InChI is InChI=1S/C20H25F3N4O4S/c1-13-8-10-26(11-9-13)32(29,30)19-14(2)25-27(15(19)3)12-18(28)24-16-4-6-17(7-5-16)31-20(21,22)23/h4-7,13H,8-12H2,1-3H3,(H,24,28). The lowest BCUT2D eigenvalue weighted by Gasteiger charge is -2.29. The molecule has 0 saturated carbocycles. The zero-order valence-corrected chi connectivity index (χ0v) is 18.8. The van der Waals surface area contributed by atoms with Gasteiger partial charge in [-0.15, -0.1) is 13.2 Å². The molecule has 0 spiro atoms. The summed E-state index contributed by atoms with van der Waals surface area (Å²) in [4.78, 5) is 12.5. The van der Waals surface area contributed by atoms with Crippen LogP contribution in [0.4, 0.5) is 18.9 Å². The Bertz CT molecular complexity index is 1070. The van der Waals surface area contributed by atoms with E-state index in [2.05, 4.69) is 22.1 Å². The molecule has 176 valence electrons. The number of amides is 1. The maximum Gasteiger partial charge on any atom is 0.573 e. The van der Waals surface area contributed by atoms with E-state index in [4.69, 9.17) is 0 Å². The quantitative estimate of drug-likeness (QED) is 0.692. The average Bonchev–Trinajstić information content (AvgIpc) is 2.96. The van der Waals surface area contributed by atoms with Crippen molar-refractivity contribution in [1.29, 1.82) is 0 Å². The molecule has 1 N–H and O–H groups in total. The summed E-state index contributed by atoms with van der Waals surface area (Å²) >= 11 is 0. The summed E-state index contributed by atoms with van der Waals surface area (Å²) in [6.07, 6.45) is -3.22. The van der Waals surface area contributed by atoms with Crippen molar-refractivity contribution >= 4 is 21.6 Å². The topological polar surface area (TPSA) is 93.5 Å². The fourth-order valence-corrected chi connectivity index (χ4v) is 5.48. The van der Waals surface area contributed by atoms with Gasteiger partial charge in [-0.25, -0.2) is 8.42 Å². The van der Waals surface area contributed by atoms with Crippen LogP contribution in [0.3, 0.4) is 0 Å². The Balaban J connectivity index is 1.70. The molecule has 8 nitrogen and oxygen atoms in total. The van der Waals surface area contributed by atoms with Gasteiger partial charge in [0.15, 0.2) is 0 Å². The maximum atomic E-state index is 13.1. The molecule has 1 saturated heterocycles. The second-order valence-electron chi connectivity index (χ2n) is 7.86. The molecule has 0 unspecified atom stereocenters. The Labute approximate surface area is 184 Å². The van der Waals surface area contributed by atoms with Crippen molar-refractivity contribution in [3.8, 4) is 5.75 Å². The minimum atomic E-state index is -4.80. The number of sulfonamides is 1. The van der Waals surface area contributed by atoms with Crippen LogP contribution in [0.1, 0.15) is 31.2 Å². The summed E-state index contributed by atoms with van der Waals surface area (Å²) in [7, 11) is -3.73. The molecule has 1 fully saturated rings. The van der Waals surface area contributed by atoms with Crippen molar-refractivity contribution < 1.29 is 31.1 Å². The predicted molar refractivity (Wildman–Crippen MR) is 111 cm³/mol. The number of halogens is 3. The molecule has 0 aliphatic carbocycles. The molecule has 0 atom stereocenters. The third kappa shape index (κ3) is 5.60. The summed E-state index contributed by atoms with van der Waals surface area (Å²) < 4.78 is 69.5. The molecular formula is C20H25F3N4O4S. The van der Waals surface area contributed by atoms with Crippen LogP contribution in [0.15, 0.2) is 29.2 Å². The first-order valence-electron chi connectivity index (χ1n) is 10.1. The van der Waals surface area contributed by atoms with Crippen molar-refractivity contribution in [3.05, 3.63) is 35.7 Å². The number of ether oxygens (including phenoxy) is 1. The Morgan fingerprint density at radius 3 is 2.34 bits per heavy atom. The Kier molecular flexibility index (Phi) is 6.84. The lowest BCUT2D eigenvalue weighted by atomic mass is 10.0. The van der Waals surface area contributed by atoms with Crippen LogP contribution in [0, 0.1) is 19.8 Å². The number of carbonyl (C=O) groups is 1. The molecule has 1 aliphatic rings. The number of rotatable bonds is 6. The average molecular weight is 475 g/mol. The number of piperidine rings is 1. The van der Waals surface area contributed by atoms with Crippen LogP contribution in [0.5, 0.6) is 5.75 Å². The van der Waals surface area contributed by atoms with E-state index in [-0.39, 0.29) is 17.1 Å². The first-order chi connectivity index (χ1) is 14.9. The highest BCUT2D eigenvalue weighted by Gasteiger charge is 2.33. The molecule has 1 amide bonds. The maximum absolute atomic E-state index is 13.1. The van der Waals surface area contributed by atoms with Gasteiger partial charge in [0.2, 0.25) is 15.9 Å². The number of nitrogens with zero attached hydrogens (tertiary/aromatic N) is 3. The van der Waals surface area contributed by atoms with Crippen molar-refractivity contribution in [3.63, 3.8) is 0 Å². The van der Waals surface area contributed by atoms with E-state index in [1.54, 1.807) is 13.8 Å². The van der Waals surface area contributed by atoms with Gasteiger partial charge in [0.05, 0.1) is 11.4 Å². The van der Waals surface area contributed by atoms with Gasteiger partial charge in [0.25, 0.3) is 0 Å². The number of alkyl halides is 3. The van der Waals surface area contributed by atoms with Gasteiger partial charge >= 0.3 is 6.36 Å². The third-order valence-corrected chi connectivity index (χ3v) is 7.47. The number of aromatic nitrogens is 2. The number of hydrogen-bond donors (Lipinski definition) is 1. The van der Waals surface area contributed by atoms with Crippen molar-refractivity contribution in [1.82, 2.24) is 14.1 Å². The van der Waals surface area contributed by atoms with Crippen molar-refractivity contribution in [2.24, 2.45) is 5.92 Å². The molecule has 2 heterocycles. The van der Waals surface area contributed by atoms with E-state index in [0.29, 0.717) is 30.4 Å². The van der Waals surface area contributed by atoms with Gasteiger partial charge in [0.1, 0.15) is 17.2 Å². The largest absolute Gasteiger partial charge is 0.573 e. The first-order valence-corrected chi connectivity index (χ1v) is 11.5. The lowest BCUT2D eigenvalue weighted by molar-refractivity contribution is -0.274. The molecule has 1 aromatic carbocycles. The van der Waals surface area contributed by atoms with E-state index in [1.165, 1.54) is 21.1 Å². The Hall–Kier alpha value is -2.60. The molecule has 1 aliphatic heterocycles. The summed E-state index contributed by atoms with van der Waals surface area (Å²) in [5.74, 6) is -0.434. The molecule has 0 radical (unpaired) electrons. The van der Waals surface area contributed by atoms with Crippen LogP contribution in [-0.2, 0) is 21.4 Å². The van der Waals surface area contributed by atoms with Gasteiger partial charge in [-0.1, -0.05) is 6.92 Å². The zero-order chi connectivity index (χ0) is 23.7. The fraction of sp³-hybridized carbons (Fsp3) is 0.500. The lowest BCUT2D eigenvalue weighted by Crippen LogP contribution is -2.38. The number of benzene rings is 1. The monoisotopic (exact) mass is 474 g/mol. The van der Waals surface area contributed by atoms with Crippen molar-refractivity contribution in [2.45, 2.75) is 51.4 Å². The second kappa shape index (κ2) is 9.10. The number of carbonyl (C=O) groups excluding carboxylic acids is 1. The summed E-state index contributed by atoms with van der Waals surface area (Å²) in [6.45, 7) is 5.91. The summed E-state index contributed by atoms with van der Waals surface area (Å²) in [5.41, 5.74) is 0.925. The molecule has 32 heavy (non-hydrogen) atoms. The van der Waals surface area contributed by atoms with Gasteiger partial charge < -0.3 is 10.1 Å².